The minimum Gasteiger partial charge on any atom is -0.391 e. The Morgan fingerprint density at radius 3 is 2.48 bits per heavy atom. The van der Waals surface area contributed by atoms with Crippen LogP contribution in [0.2, 0.25) is 0 Å². The third-order valence-corrected chi connectivity index (χ3v) is 8.00. The predicted molar refractivity (Wildman–Crippen MR) is 148 cm³/mol. The Kier molecular flexibility index (Phi) is 7.76. The van der Waals surface area contributed by atoms with Gasteiger partial charge >= 0.3 is 0 Å². The van der Waals surface area contributed by atoms with E-state index >= 15 is 0 Å². The van der Waals surface area contributed by atoms with Gasteiger partial charge in [0.05, 0.1) is 23.9 Å². The number of β-amino-alcohol motifs (C(OH)–C–C–N with tert-alkyl or cyclic N) is 1. The maximum atomic E-state index is 14.1. The predicted octanol–water partition coefficient (Wildman–Crippen LogP) is 2.79. The lowest BCUT2D eigenvalue weighted by Crippen LogP contribution is -2.53. The van der Waals surface area contributed by atoms with E-state index in [0.717, 1.165) is 29.7 Å². The van der Waals surface area contributed by atoms with Crippen LogP contribution in [0.3, 0.4) is 0 Å². The Morgan fingerprint density at radius 2 is 1.88 bits per heavy atom. The standard InChI is InChI=1S/C29H40N8O3/c1-6-22(25(37-17-30-16-31-37)20-9-7-18(2)8-10-20)32-27(39)24-13-21(38)14-35(24)28(40)26(29(3,4)5)36-15-23(33-34-36)19-11-12-19/h7-10,15-17,19,21-22,24-26,38H,6,11-14H2,1-5H3,(H,32,39)/t21-,22?,24+,25?,26-/m1/s1. The van der Waals surface area contributed by atoms with Gasteiger partial charge in [0.25, 0.3) is 0 Å². The zero-order valence-corrected chi connectivity index (χ0v) is 23.9. The summed E-state index contributed by atoms with van der Waals surface area (Å²) in [5.74, 6) is -0.121. The molecule has 3 aromatic rings. The highest BCUT2D eigenvalue weighted by molar-refractivity contribution is 5.90. The summed E-state index contributed by atoms with van der Waals surface area (Å²) in [7, 11) is 0. The summed E-state index contributed by atoms with van der Waals surface area (Å²) in [6.45, 7) is 10.1. The number of amides is 2. The van der Waals surface area contributed by atoms with Crippen LogP contribution >= 0.6 is 0 Å². The van der Waals surface area contributed by atoms with Crippen molar-refractivity contribution in [3.05, 3.63) is 59.9 Å². The number of benzene rings is 1. The van der Waals surface area contributed by atoms with Crippen LogP contribution in [-0.2, 0) is 9.59 Å². The molecule has 1 aromatic carbocycles. The van der Waals surface area contributed by atoms with Crippen molar-refractivity contribution in [2.75, 3.05) is 6.54 Å². The lowest BCUT2D eigenvalue weighted by atomic mass is 9.85. The molecule has 2 unspecified atom stereocenters. The van der Waals surface area contributed by atoms with Gasteiger partial charge in [-0.25, -0.2) is 14.3 Å². The Bertz CT molecular complexity index is 1310. The molecule has 11 nitrogen and oxygen atoms in total. The number of nitrogens with zero attached hydrogens (tertiary/aromatic N) is 7. The molecule has 0 spiro atoms. The lowest BCUT2D eigenvalue weighted by molar-refractivity contribution is -0.144. The van der Waals surface area contributed by atoms with Crippen molar-refractivity contribution in [2.24, 2.45) is 5.41 Å². The number of aliphatic hydroxyl groups is 1. The molecule has 1 aliphatic heterocycles. The van der Waals surface area contributed by atoms with Crippen molar-refractivity contribution in [1.29, 1.82) is 0 Å². The van der Waals surface area contributed by atoms with E-state index in [1.165, 1.54) is 11.2 Å². The van der Waals surface area contributed by atoms with Crippen molar-refractivity contribution < 1.29 is 14.7 Å². The molecule has 214 valence electrons. The molecule has 2 amide bonds. The maximum Gasteiger partial charge on any atom is 0.248 e. The fourth-order valence-corrected chi connectivity index (χ4v) is 5.70. The molecular formula is C29H40N8O3. The van der Waals surface area contributed by atoms with E-state index in [2.05, 4.69) is 25.7 Å². The maximum absolute atomic E-state index is 14.1. The van der Waals surface area contributed by atoms with Crippen LogP contribution < -0.4 is 5.32 Å². The summed E-state index contributed by atoms with van der Waals surface area (Å²) < 4.78 is 3.39. The number of rotatable bonds is 9. The molecule has 5 rings (SSSR count). The number of aliphatic hydroxyl groups excluding tert-OH is 1. The molecule has 1 saturated heterocycles. The normalized spacial score (nSPS) is 21.7. The van der Waals surface area contributed by atoms with Crippen LogP contribution in [0.5, 0.6) is 0 Å². The molecule has 5 atom stereocenters. The molecule has 0 radical (unpaired) electrons. The number of hydrogen-bond donors (Lipinski definition) is 2. The fraction of sp³-hybridized carbons (Fsp3) is 0.586. The SMILES string of the molecule is CCC(NC(=O)[C@@H]1C[C@@H](O)CN1C(=O)[C@@H](n1cc(C2CC2)nn1)C(C)(C)C)C(c1ccc(C)cc1)n1cncn1. The summed E-state index contributed by atoms with van der Waals surface area (Å²) in [6, 6.07) is 6.07. The second-order valence-corrected chi connectivity index (χ2v) is 12.3. The number of nitrogens with one attached hydrogen (secondary N) is 1. The molecule has 2 aliphatic rings. The van der Waals surface area contributed by atoms with Gasteiger partial charge in [-0.05, 0) is 37.2 Å². The first kappa shape index (κ1) is 27.9. The van der Waals surface area contributed by atoms with Crippen LogP contribution in [0.1, 0.15) is 88.2 Å². The first-order valence-corrected chi connectivity index (χ1v) is 14.2. The summed E-state index contributed by atoms with van der Waals surface area (Å²) >= 11 is 0. The zero-order chi connectivity index (χ0) is 28.6. The first-order valence-electron chi connectivity index (χ1n) is 14.2. The molecule has 1 aliphatic carbocycles. The highest BCUT2D eigenvalue weighted by atomic mass is 16.3. The minimum atomic E-state index is -0.803. The van der Waals surface area contributed by atoms with E-state index in [1.54, 1.807) is 15.7 Å². The fourth-order valence-electron chi connectivity index (χ4n) is 5.70. The molecule has 0 bridgehead atoms. The topological polar surface area (TPSA) is 131 Å². The number of carbonyl (C=O) groups is 2. The van der Waals surface area contributed by atoms with Crippen molar-refractivity contribution in [2.45, 2.75) is 96.5 Å². The van der Waals surface area contributed by atoms with Crippen molar-refractivity contribution in [3.8, 4) is 0 Å². The molecule has 40 heavy (non-hydrogen) atoms. The van der Waals surface area contributed by atoms with Crippen LogP contribution in [0.25, 0.3) is 0 Å². The third kappa shape index (κ3) is 5.79. The first-order chi connectivity index (χ1) is 19.1. The highest BCUT2D eigenvalue weighted by Gasteiger charge is 2.46. The van der Waals surface area contributed by atoms with Gasteiger partial charge in [0.2, 0.25) is 11.8 Å². The van der Waals surface area contributed by atoms with Gasteiger partial charge in [-0.15, -0.1) is 5.10 Å². The average Bonchev–Trinajstić information content (AvgIpc) is 3.26. The van der Waals surface area contributed by atoms with Gasteiger partial charge < -0.3 is 15.3 Å². The second-order valence-electron chi connectivity index (χ2n) is 12.3. The zero-order valence-electron chi connectivity index (χ0n) is 23.9. The monoisotopic (exact) mass is 548 g/mol. The quantitative estimate of drug-likeness (QED) is 0.420. The van der Waals surface area contributed by atoms with Gasteiger partial charge in [0, 0.05) is 25.1 Å². The van der Waals surface area contributed by atoms with E-state index in [9.17, 15) is 14.7 Å². The van der Waals surface area contributed by atoms with E-state index in [4.69, 9.17) is 0 Å². The Hall–Kier alpha value is -3.60. The van der Waals surface area contributed by atoms with Gasteiger partial charge in [-0.3, -0.25) is 9.59 Å². The van der Waals surface area contributed by atoms with Gasteiger partial charge in [0.15, 0.2) is 0 Å². The van der Waals surface area contributed by atoms with Crippen molar-refractivity contribution in [1.82, 2.24) is 40.0 Å². The number of carbonyl (C=O) groups excluding carboxylic acids is 2. The van der Waals surface area contributed by atoms with Crippen molar-refractivity contribution in [3.63, 3.8) is 0 Å². The number of aryl methyl sites for hydroxylation is 1. The lowest BCUT2D eigenvalue weighted by Gasteiger charge is -2.35. The summed E-state index contributed by atoms with van der Waals surface area (Å²) in [4.78, 5) is 33.6. The molecule has 3 heterocycles. The largest absolute Gasteiger partial charge is 0.391 e. The molecule has 1 saturated carbocycles. The number of aromatic nitrogens is 6. The van der Waals surface area contributed by atoms with E-state index in [0.29, 0.717) is 12.3 Å². The van der Waals surface area contributed by atoms with E-state index < -0.39 is 23.6 Å². The number of hydrogen-bond acceptors (Lipinski definition) is 7. The summed E-state index contributed by atoms with van der Waals surface area (Å²) in [5.41, 5.74) is 2.54. The summed E-state index contributed by atoms with van der Waals surface area (Å²) in [6.07, 6.45) is 7.18. The highest BCUT2D eigenvalue weighted by Crippen LogP contribution is 2.40. The minimum absolute atomic E-state index is 0.0922. The van der Waals surface area contributed by atoms with Crippen LogP contribution in [0.4, 0.5) is 0 Å². The Labute approximate surface area is 235 Å². The van der Waals surface area contributed by atoms with Crippen molar-refractivity contribution >= 4 is 11.8 Å². The number of likely N-dealkylation sites (tertiary alicyclic amines) is 1. The van der Waals surface area contributed by atoms with Gasteiger partial charge in [-0.1, -0.05) is 62.7 Å². The Balaban J connectivity index is 1.39. The molecule has 11 heteroatoms. The van der Waals surface area contributed by atoms with Gasteiger partial charge in [-0.2, -0.15) is 5.10 Å². The third-order valence-electron chi connectivity index (χ3n) is 8.00. The molecule has 2 N–H and O–H groups in total. The Morgan fingerprint density at radius 1 is 1.15 bits per heavy atom. The molecular weight excluding hydrogens is 508 g/mol. The average molecular weight is 549 g/mol. The van der Waals surface area contributed by atoms with Gasteiger partial charge in [0.1, 0.15) is 24.7 Å². The molecule has 2 fully saturated rings. The van der Waals surface area contributed by atoms with Crippen LogP contribution in [-0.4, -0.2) is 76.3 Å². The van der Waals surface area contributed by atoms with E-state index in [-0.39, 0.29) is 36.9 Å². The molecule has 2 aromatic heterocycles. The van der Waals surface area contributed by atoms with Crippen LogP contribution in [0, 0.1) is 12.3 Å². The van der Waals surface area contributed by atoms with E-state index in [1.807, 2.05) is 65.1 Å². The smallest absolute Gasteiger partial charge is 0.248 e. The second kappa shape index (κ2) is 11.1. The van der Waals surface area contributed by atoms with Crippen LogP contribution in [0.15, 0.2) is 43.1 Å². The summed E-state index contributed by atoms with van der Waals surface area (Å²) in [5, 5.41) is 26.8.